The van der Waals surface area contributed by atoms with Crippen LogP contribution in [0, 0.1) is 5.92 Å². The number of nitrogens with one attached hydrogen (secondary N) is 1. The Morgan fingerprint density at radius 2 is 1.83 bits per heavy atom. The molecule has 1 fully saturated rings. The molecule has 0 bridgehead atoms. The molecule has 1 saturated carbocycles. The van der Waals surface area contributed by atoms with Gasteiger partial charge in [-0.15, -0.1) is 0 Å². The van der Waals surface area contributed by atoms with E-state index in [1.165, 1.54) is 5.56 Å². The summed E-state index contributed by atoms with van der Waals surface area (Å²) >= 11 is 0. The topological polar surface area (TPSA) is 58.4 Å². The van der Waals surface area contributed by atoms with Crippen molar-refractivity contribution >= 4 is 5.91 Å². The van der Waals surface area contributed by atoms with Crippen LogP contribution >= 0.6 is 0 Å². The first-order valence-electron chi connectivity index (χ1n) is 8.77. The van der Waals surface area contributed by atoms with Crippen LogP contribution in [0.5, 0.6) is 0 Å². The summed E-state index contributed by atoms with van der Waals surface area (Å²) in [6, 6.07) is 11.1. The molecule has 1 aromatic rings. The first-order valence-corrected chi connectivity index (χ1v) is 8.77. The third-order valence-corrected chi connectivity index (χ3v) is 4.96. The summed E-state index contributed by atoms with van der Waals surface area (Å²) in [5, 5.41) is 3.13. The van der Waals surface area contributed by atoms with Crippen LogP contribution in [0.15, 0.2) is 30.3 Å². The summed E-state index contributed by atoms with van der Waals surface area (Å²) in [5.41, 5.74) is 7.27. The summed E-state index contributed by atoms with van der Waals surface area (Å²) in [6.45, 7) is 4.96. The Hall–Kier alpha value is -1.39. The van der Waals surface area contributed by atoms with Crippen LogP contribution in [0.25, 0.3) is 0 Å². The van der Waals surface area contributed by atoms with Gasteiger partial charge in [0.15, 0.2) is 0 Å². The SMILES string of the molecule is CC(C)C(N)C(=O)NC1CCC(N(C)Cc2ccccc2)CC1. The van der Waals surface area contributed by atoms with Gasteiger partial charge in [0.05, 0.1) is 6.04 Å². The van der Waals surface area contributed by atoms with Gasteiger partial charge in [0.2, 0.25) is 5.91 Å². The van der Waals surface area contributed by atoms with E-state index in [4.69, 9.17) is 5.73 Å². The number of hydrogen-bond donors (Lipinski definition) is 2. The molecule has 0 heterocycles. The van der Waals surface area contributed by atoms with Crippen LogP contribution in [0.4, 0.5) is 0 Å². The number of rotatable bonds is 6. The first kappa shape index (κ1) is 18.0. The van der Waals surface area contributed by atoms with E-state index in [9.17, 15) is 4.79 Å². The normalized spacial score (nSPS) is 23.0. The molecule has 0 aromatic heterocycles. The van der Waals surface area contributed by atoms with E-state index in [0.717, 1.165) is 32.2 Å². The highest BCUT2D eigenvalue weighted by atomic mass is 16.2. The fourth-order valence-electron chi connectivity index (χ4n) is 3.26. The Bertz CT molecular complexity index is 481. The Balaban J connectivity index is 1.76. The predicted octanol–water partition coefficient (Wildman–Crippen LogP) is 2.53. The first-order chi connectivity index (χ1) is 11.0. The van der Waals surface area contributed by atoms with Gasteiger partial charge in [-0.25, -0.2) is 0 Å². The fourth-order valence-corrected chi connectivity index (χ4v) is 3.26. The molecule has 4 heteroatoms. The molecule has 0 radical (unpaired) electrons. The lowest BCUT2D eigenvalue weighted by atomic mass is 9.89. The van der Waals surface area contributed by atoms with Crippen LogP contribution in [-0.2, 0) is 11.3 Å². The third kappa shape index (κ3) is 5.33. The minimum Gasteiger partial charge on any atom is -0.352 e. The molecule has 128 valence electrons. The van der Waals surface area contributed by atoms with Gasteiger partial charge in [0.1, 0.15) is 0 Å². The van der Waals surface area contributed by atoms with E-state index in [0.29, 0.717) is 6.04 Å². The fraction of sp³-hybridized carbons (Fsp3) is 0.632. The number of carbonyl (C=O) groups is 1. The maximum Gasteiger partial charge on any atom is 0.237 e. The highest BCUT2D eigenvalue weighted by Gasteiger charge is 2.26. The number of nitrogens with two attached hydrogens (primary N) is 1. The van der Waals surface area contributed by atoms with E-state index in [-0.39, 0.29) is 17.9 Å². The maximum atomic E-state index is 12.1. The van der Waals surface area contributed by atoms with Gasteiger partial charge >= 0.3 is 0 Å². The smallest absolute Gasteiger partial charge is 0.237 e. The van der Waals surface area contributed by atoms with Crippen LogP contribution in [0.3, 0.4) is 0 Å². The molecule has 1 aliphatic carbocycles. The zero-order chi connectivity index (χ0) is 16.8. The minimum atomic E-state index is -0.395. The Morgan fingerprint density at radius 1 is 1.22 bits per heavy atom. The maximum absolute atomic E-state index is 12.1. The molecule has 0 spiro atoms. The molecular formula is C19H31N3O. The van der Waals surface area contributed by atoms with Crippen molar-refractivity contribution in [2.24, 2.45) is 11.7 Å². The molecule has 1 aromatic carbocycles. The van der Waals surface area contributed by atoms with Crippen LogP contribution in [0.2, 0.25) is 0 Å². The second-order valence-electron chi connectivity index (χ2n) is 7.18. The van der Waals surface area contributed by atoms with Crippen molar-refractivity contribution in [3.8, 4) is 0 Å². The molecule has 0 saturated heterocycles. The van der Waals surface area contributed by atoms with Gasteiger partial charge < -0.3 is 11.1 Å². The van der Waals surface area contributed by atoms with Crippen molar-refractivity contribution in [3.63, 3.8) is 0 Å². The van der Waals surface area contributed by atoms with Crippen molar-refractivity contribution in [3.05, 3.63) is 35.9 Å². The summed E-state index contributed by atoms with van der Waals surface area (Å²) in [6.07, 6.45) is 4.34. The zero-order valence-corrected chi connectivity index (χ0v) is 14.7. The Morgan fingerprint density at radius 3 is 2.39 bits per heavy atom. The number of hydrogen-bond acceptors (Lipinski definition) is 3. The van der Waals surface area contributed by atoms with Gasteiger partial charge in [-0.05, 0) is 44.2 Å². The van der Waals surface area contributed by atoms with Crippen molar-refractivity contribution in [2.75, 3.05) is 7.05 Å². The number of carbonyl (C=O) groups excluding carboxylic acids is 1. The molecule has 0 aliphatic heterocycles. The van der Waals surface area contributed by atoms with Gasteiger partial charge in [-0.2, -0.15) is 0 Å². The van der Waals surface area contributed by atoms with Crippen LogP contribution in [0.1, 0.15) is 45.1 Å². The molecule has 1 unspecified atom stereocenters. The highest BCUT2D eigenvalue weighted by molar-refractivity contribution is 5.82. The molecule has 1 amide bonds. The van der Waals surface area contributed by atoms with E-state index in [1.807, 2.05) is 13.8 Å². The number of benzene rings is 1. The monoisotopic (exact) mass is 317 g/mol. The van der Waals surface area contributed by atoms with Crippen molar-refractivity contribution in [1.29, 1.82) is 0 Å². The van der Waals surface area contributed by atoms with E-state index < -0.39 is 6.04 Å². The number of amides is 1. The van der Waals surface area contributed by atoms with Gasteiger partial charge in [0, 0.05) is 18.6 Å². The van der Waals surface area contributed by atoms with Crippen LogP contribution < -0.4 is 11.1 Å². The van der Waals surface area contributed by atoms with E-state index in [1.54, 1.807) is 0 Å². The lowest BCUT2D eigenvalue weighted by molar-refractivity contribution is -0.124. The quantitative estimate of drug-likeness (QED) is 0.847. The molecule has 4 nitrogen and oxygen atoms in total. The molecule has 1 aliphatic rings. The lowest BCUT2D eigenvalue weighted by Crippen LogP contribution is -2.49. The van der Waals surface area contributed by atoms with Gasteiger partial charge in [0.25, 0.3) is 0 Å². The van der Waals surface area contributed by atoms with Gasteiger partial charge in [-0.1, -0.05) is 44.2 Å². The van der Waals surface area contributed by atoms with E-state index in [2.05, 4.69) is 47.6 Å². The molecule has 23 heavy (non-hydrogen) atoms. The predicted molar refractivity (Wildman–Crippen MR) is 94.9 cm³/mol. The largest absolute Gasteiger partial charge is 0.352 e. The van der Waals surface area contributed by atoms with Crippen molar-refractivity contribution in [2.45, 2.75) is 64.2 Å². The second kappa shape index (κ2) is 8.46. The molecule has 3 N–H and O–H groups in total. The standard InChI is InChI=1S/C19H31N3O/c1-14(2)18(20)19(23)21-16-9-11-17(12-10-16)22(3)13-15-7-5-4-6-8-15/h4-8,14,16-18H,9-13,20H2,1-3H3,(H,21,23). The highest BCUT2D eigenvalue weighted by Crippen LogP contribution is 2.23. The van der Waals surface area contributed by atoms with Crippen molar-refractivity contribution in [1.82, 2.24) is 10.2 Å². The zero-order valence-electron chi connectivity index (χ0n) is 14.7. The van der Waals surface area contributed by atoms with Crippen LogP contribution in [-0.4, -0.2) is 36.0 Å². The minimum absolute atomic E-state index is 0.00101. The number of nitrogens with zero attached hydrogens (tertiary/aromatic N) is 1. The summed E-state index contributed by atoms with van der Waals surface area (Å²) < 4.78 is 0. The summed E-state index contributed by atoms with van der Waals surface area (Å²) in [4.78, 5) is 14.5. The Kier molecular flexibility index (Phi) is 6.60. The second-order valence-corrected chi connectivity index (χ2v) is 7.18. The summed E-state index contributed by atoms with van der Waals surface area (Å²) in [7, 11) is 2.20. The summed E-state index contributed by atoms with van der Waals surface area (Å²) in [5.74, 6) is 0.185. The Labute approximate surface area is 140 Å². The lowest BCUT2D eigenvalue weighted by Gasteiger charge is -2.35. The van der Waals surface area contributed by atoms with E-state index >= 15 is 0 Å². The average molecular weight is 317 g/mol. The van der Waals surface area contributed by atoms with Gasteiger partial charge in [-0.3, -0.25) is 9.69 Å². The average Bonchev–Trinajstić information content (AvgIpc) is 2.55. The molecule has 1 atom stereocenters. The molecule has 2 rings (SSSR count). The third-order valence-electron chi connectivity index (χ3n) is 4.96. The molecular weight excluding hydrogens is 286 g/mol. The van der Waals surface area contributed by atoms with Crippen molar-refractivity contribution < 1.29 is 4.79 Å².